The molecular weight excluding hydrogens is 200 g/mol. The fourth-order valence-corrected chi connectivity index (χ4v) is 2.27. The lowest BCUT2D eigenvalue weighted by molar-refractivity contribution is 0.189. The second-order valence-electron chi connectivity index (χ2n) is 4.71. The van der Waals surface area contributed by atoms with Crippen LogP contribution in [-0.4, -0.2) is 50.3 Å². The maximum atomic E-state index is 5.34. The van der Waals surface area contributed by atoms with Gasteiger partial charge in [0.05, 0.1) is 6.61 Å². The first-order valence-corrected chi connectivity index (χ1v) is 6.90. The van der Waals surface area contributed by atoms with Crippen LogP contribution in [0.15, 0.2) is 0 Å². The second-order valence-corrected chi connectivity index (χ2v) is 4.71. The fourth-order valence-electron chi connectivity index (χ4n) is 2.27. The molecule has 1 heterocycles. The molecule has 1 atom stereocenters. The molecule has 3 heteroatoms. The summed E-state index contributed by atoms with van der Waals surface area (Å²) < 4.78 is 5.34. The lowest BCUT2D eigenvalue weighted by Crippen LogP contribution is -2.33. The number of hydrogen-bond donors (Lipinski definition) is 1. The molecular formula is C13H28N2O. The van der Waals surface area contributed by atoms with Gasteiger partial charge >= 0.3 is 0 Å². The van der Waals surface area contributed by atoms with Crippen molar-refractivity contribution in [2.45, 2.75) is 45.6 Å². The molecule has 0 aromatic carbocycles. The number of ether oxygens (including phenoxy) is 1. The van der Waals surface area contributed by atoms with E-state index in [0.717, 1.165) is 19.8 Å². The summed E-state index contributed by atoms with van der Waals surface area (Å²) in [7, 11) is 0. The summed E-state index contributed by atoms with van der Waals surface area (Å²) in [5.41, 5.74) is 0. The Kier molecular flexibility index (Phi) is 7.81. The maximum Gasteiger partial charge on any atom is 0.0620 e. The molecule has 1 fully saturated rings. The quantitative estimate of drug-likeness (QED) is 0.610. The highest BCUT2D eigenvalue weighted by atomic mass is 16.5. The summed E-state index contributed by atoms with van der Waals surface area (Å²) >= 11 is 0. The smallest absolute Gasteiger partial charge is 0.0620 e. The third kappa shape index (κ3) is 5.83. The summed E-state index contributed by atoms with van der Waals surface area (Å²) in [6, 6.07) is 0.616. The topological polar surface area (TPSA) is 24.5 Å². The van der Waals surface area contributed by atoms with Crippen molar-refractivity contribution in [2.24, 2.45) is 0 Å². The van der Waals surface area contributed by atoms with Crippen LogP contribution in [0.4, 0.5) is 0 Å². The van der Waals surface area contributed by atoms with Crippen LogP contribution in [0.25, 0.3) is 0 Å². The molecule has 96 valence electrons. The van der Waals surface area contributed by atoms with E-state index in [2.05, 4.69) is 24.1 Å². The predicted octanol–water partition coefficient (Wildman–Crippen LogP) is 1.88. The van der Waals surface area contributed by atoms with Crippen molar-refractivity contribution in [3.63, 3.8) is 0 Å². The number of rotatable bonds is 9. The van der Waals surface area contributed by atoms with Gasteiger partial charge in [0.1, 0.15) is 0 Å². The molecule has 0 bridgehead atoms. The van der Waals surface area contributed by atoms with Gasteiger partial charge in [0, 0.05) is 12.6 Å². The zero-order valence-electron chi connectivity index (χ0n) is 11.0. The summed E-state index contributed by atoms with van der Waals surface area (Å²) in [6.45, 7) is 11.2. The van der Waals surface area contributed by atoms with Gasteiger partial charge < -0.3 is 15.0 Å². The van der Waals surface area contributed by atoms with Crippen molar-refractivity contribution in [3.8, 4) is 0 Å². The average Bonchev–Trinajstić information content (AvgIpc) is 2.78. The Hall–Kier alpha value is -0.120. The Morgan fingerprint density at radius 3 is 2.50 bits per heavy atom. The average molecular weight is 228 g/mol. The second kappa shape index (κ2) is 8.97. The number of hydrogen-bond acceptors (Lipinski definition) is 3. The number of nitrogens with zero attached hydrogens (tertiary/aromatic N) is 1. The molecule has 0 spiro atoms. The van der Waals surface area contributed by atoms with Crippen molar-refractivity contribution in [1.82, 2.24) is 10.2 Å². The molecule has 0 aromatic rings. The highest BCUT2D eigenvalue weighted by molar-refractivity contribution is 4.71. The predicted molar refractivity (Wildman–Crippen MR) is 68.9 cm³/mol. The Balaban J connectivity index is 1.98. The summed E-state index contributed by atoms with van der Waals surface area (Å²) in [5.74, 6) is 0. The number of nitrogens with one attached hydrogen (secondary N) is 1. The third-order valence-corrected chi connectivity index (χ3v) is 3.09. The monoisotopic (exact) mass is 228 g/mol. The molecule has 0 saturated carbocycles. The van der Waals surface area contributed by atoms with Crippen molar-refractivity contribution in [2.75, 3.05) is 39.4 Å². The normalized spacial score (nSPS) is 20.8. The van der Waals surface area contributed by atoms with Gasteiger partial charge in [0.2, 0.25) is 0 Å². The van der Waals surface area contributed by atoms with Crippen molar-refractivity contribution < 1.29 is 4.74 Å². The van der Waals surface area contributed by atoms with Crippen LogP contribution in [0.3, 0.4) is 0 Å². The van der Waals surface area contributed by atoms with E-state index in [1.54, 1.807) is 0 Å². The first-order valence-electron chi connectivity index (χ1n) is 6.90. The van der Waals surface area contributed by atoms with Crippen LogP contribution in [0, 0.1) is 0 Å². The highest BCUT2D eigenvalue weighted by Gasteiger charge is 2.13. The van der Waals surface area contributed by atoms with Crippen LogP contribution in [0.1, 0.15) is 39.5 Å². The van der Waals surface area contributed by atoms with Crippen molar-refractivity contribution in [1.29, 1.82) is 0 Å². The zero-order valence-corrected chi connectivity index (χ0v) is 11.0. The van der Waals surface area contributed by atoms with Crippen molar-refractivity contribution in [3.05, 3.63) is 0 Å². The van der Waals surface area contributed by atoms with Crippen LogP contribution < -0.4 is 5.32 Å². The molecule has 0 radical (unpaired) electrons. The van der Waals surface area contributed by atoms with E-state index in [4.69, 9.17) is 4.74 Å². The van der Waals surface area contributed by atoms with Crippen LogP contribution in [0.2, 0.25) is 0 Å². The van der Waals surface area contributed by atoms with Gasteiger partial charge in [-0.3, -0.25) is 0 Å². The van der Waals surface area contributed by atoms with E-state index in [9.17, 15) is 0 Å². The fraction of sp³-hybridized carbons (Fsp3) is 1.00. The van der Waals surface area contributed by atoms with E-state index < -0.39 is 0 Å². The van der Waals surface area contributed by atoms with Gasteiger partial charge in [0.25, 0.3) is 0 Å². The SMILES string of the molecule is CCCN(CCC)CCCNC1CCOC1. The molecule has 0 aromatic heterocycles. The van der Waals surface area contributed by atoms with Crippen LogP contribution in [0.5, 0.6) is 0 Å². The molecule has 1 N–H and O–H groups in total. The zero-order chi connectivity index (χ0) is 11.6. The Bertz CT molecular complexity index is 152. The standard InChI is InChI=1S/C13H28N2O/c1-3-8-15(9-4-2)10-5-7-14-13-6-11-16-12-13/h13-14H,3-12H2,1-2H3. The lowest BCUT2D eigenvalue weighted by atomic mass is 10.2. The van der Waals surface area contributed by atoms with E-state index in [-0.39, 0.29) is 0 Å². The molecule has 1 unspecified atom stereocenters. The first-order chi connectivity index (χ1) is 7.86. The lowest BCUT2D eigenvalue weighted by Gasteiger charge is -2.21. The van der Waals surface area contributed by atoms with Gasteiger partial charge in [-0.25, -0.2) is 0 Å². The van der Waals surface area contributed by atoms with E-state index in [1.807, 2.05) is 0 Å². The first kappa shape index (κ1) is 13.9. The van der Waals surface area contributed by atoms with Crippen LogP contribution >= 0.6 is 0 Å². The van der Waals surface area contributed by atoms with Crippen molar-refractivity contribution >= 4 is 0 Å². The molecule has 0 amide bonds. The Morgan fingerprint density at radius 1 is 1.19 bits per heavy atom. The molecule has 1 saturated heterocycles. The molecule has 1 aliphatic heterocycles. The van der Waals surface area contributed by atoms with E-state index in [0.29, 0.717) is 6.04 Å². The van der Waals surface area contributed by atoms with Gasteiger partial charge in [-0.15, -0.1) is 0 Å². The molecule has 1 aliphatic rings. The van der Waals surface area contributed by atoms with E-state index >= 15 is 0 Å². The van der Waals surface area contributed by atoms with Gasteiger partial charge in [-0.05, 0) is 51.9 Å². The van der Waals surface area contributed by atoms with Crippen LogP contribution in [-0.2, 0) is 4.74 Å². The summed E-state index contributed by atoms with van der Waals surface area (Å²) in [6.07, 6.45) is 4.98. The molecule has 16 heavy (non-hydrogen) atoms. The largest absolute Gasteiger partial charge is 0.380 e. The Morgan fingerprint density at radius 2 is 1.94 bits per heavy atom. The highest BCUT2D eigenvalue weighted by Crippen LogP contribution is 2.03. The minimum Gasteiger partial charge on any atom is -0.380 e. The van der Waals surface area contributed by atoms with Gasteiger partial charge in [0.15, 0.2) is 0 Å². The summed E-state index contributed by atoms with van der Waals surface area (Å²) in [4.78, 5) is 2.58. The molecule has 1 rings (SSSR count). The minimum atomic E-state index is 0.616. The third-order valence-electron chi connectivity index (χ3n) is 3.09. The van der Waals surface area contributed by atoms with Gasteiger partial charge in [-0.2, -0.15) is 0 Å². The molecule has 3 nitrogen and oxygen atoms in total. The van der Waals surface area contributed by atoms with Gasteiger partial charge in [-0.1, -0.05) is 13.8 Å². The maximum absolute atomic E-state index is 5.34. The molecule has 0 aliphatic carbocycles. The summed E-state index contributed by atoms with van der Waals surface area (Å²) in [5, 5.41) is 3.57. The van der Waals surface area contributed by atoms with E-state index in [1.165, 1.54) is 45.3 Å². The Labute approximate surface area is 101 Å². The minimum absolute atomic E-state index is 0.616.